The van der Waals surface area contributed by atoms with E-state index in [0.717, 1.165) is 17.7 Å². The zero-order chi connectivity index (χ0) is 20.8. The average Bonchev–Trinajstić information content (AvgIpc) is 2.65. The van der Waals surface area contributed by atoms with Crippen LogP contribution in [0.2, 0.25) is 0 Å². The molecule has 1 amide bonds. The van der Waals surface area contributed by atoms with Gasteiger partial charge in [-0.3, -0.25) is 0 Å². The second-order valence-corrected chi connectivity index (χ2v) is 6.62. The third kappa shape index (κ3) is 6.54. The van der Waals surface area contributed by atoms with Gasteiger partial charge in [-0.2, -0.15) is 4.39 Å². The second-order valence-electron chi connectivity index (χ2n) is 6.62. The largest absolute Gasteiger partial charge is 0.490 e. The predicted octanol–water partition coefficient (Wildman–Crippen LogP) is 4.66. The van der Waals surface area contributed by atoms with Crippen LogP contribution in [0.15, 0.2) is 36.4 Å². The third-order valence-corrected chi connectivity index (χ3v) is 4.11. The first-order valence-corrected chi connectivity index (χ1v) is 8.62. The molecule has 160 valence electrons. The van der Waals surface area contributed by atoms with Crippen molar-refractivity contribution in [2.75, 3.05) is 34.8 Å². The van der Waals surface area contributed by atoms with Crippen molar-refractivity contribution < 1.29 is 27.4 Å². The molecule has 1 atom stereocenters. The Balaban J connectivity index is 0.00000420. The van der Waals surface area contributed by atoms with E-state index in [1.165, 1.54) is 4.90 Å². The van der Waals surface area contributed by atoms with Crippen LogP contribution >= 0.6 is 12.4 Å². The van der Waals surface area contributed by atoms with Gasteiger partial charge in [-0.15, -0.1) is 12.4 Å². The van der Waals surface area contributed by atoms with E-state index in [-0.39, 0.29) is 30.8 Å². The van der Waals surface area contributed by atoms with Crippen LogP contribution in [0.5, 0.6) is 11.5 Å². The topological polar surface area (TPSA) is 42.0 Å². The fraction of sp³-hybridized carbons (Fsp3) is 0.350. The fourth-order valence-electron chi connectivity index (χ4n) is 2.57. The van der Waals surface area contributed by atoms with Gasteiger partial charge in [0.2, 0.25) is 5.82 Å². The first kappa shape index (κ1) is 24.6. The molecule has 0 aliphatic rings. The molecule has 29 heavy (non-hydrogen) atoms. The highest BCUT2D eigenvalue weighted by atomic mass is 35.5. The molecule has 0 saturated heterocycles. The molecular weight excluding hydrogens is 409 g/mol. The van der Waals surface area contributed by atoms with Crippen LogP contribution < -0.4 is 9.47 Å². The summed E-state index contributed by atoms with van der Waals surface area (Å²) < 4.78 is 50.4. The molecule has 2 aromatic carbocycles. The van der Waals surface area contributed by atoms with Crippen LogP contribution in [0.4, 0.5) is 18.0 Å². The van der Waals surface area contributed by atoms with E-state index in [0.29, 0.717) is 12.2 Å². The van der Waals surface area contributed by atoms with E-state index in [1.807, 2.05) is 31.1 Å². The number of benzene rings is 2. The zero-order valence-electron chi connectivity index (χ0n) is 16.6. The predicted molar refractivity (Wildman–Crippen MR) is 106 cm³/mol. The van der Waals surface area contributed by atoms with Crippen LogP contribution in [0.1, 0.15) is 18.0 Å². The molecular formula is C20H24ClF3N2O3. The number of carbonyl (C=O) groups is 1. The summed E-state index contributed by atoms with van der Waals surface area (Å²) in [6.45, 7) is 0.0994. The maximum absolute atomic E-state index is 13.7. The van der Waals surface area contributed by atoms with Crippen molar-refractivity contribution in [3.05, 3.63) is 59.4 Å². The summed E-state index contributed by atoms with van der Waals surface area (Å²) in [5.41, 5.74) is 0.934. The molecule has 0 aliphatic carbocycles. The number of ether oxygens (including phenoxy) is 2. The highest BCUT2D eigenvalue weighted by Gasteiger charge is 2.18. The van der Waals surface area contributed by atoms with Gasteiger partial charge in [-0.1, -0.05) is 12.1 Å². The van der Waals surface area contributed by atoms with E-state index in [1.54, 1.807) is 26.2 Å². The Labute approximate surface area is 174 Å². The molecule has 0 radical (unpaired) electrons. The minimum absolute atomic E-state index is 0. The Morgan fingerprint density at radius 1 is 0.966 bits per heavy atom. The second kappa shape index (κ2) is 10.9. The number of carbonyl (C=O) groups excluding carboxylic acids is 1. The molecule has 0 aliphatic heterocycles. The first-order chi connectivity index (χ1) is 13.2. The maximum Gasteiger partial charge on any atom is 0.414 e. The molecule has 0 heterocycles. The molecule has 9 heteroatoms. The number of amides is 1. The average molecular weight is 433 g/mol. The molecule has 0 fully saturated rings. The summed E-state index contributed by atoms with van der Waals surface area (Å²) >= 11 is 0. The normalized spacial score (nSPS) is 11.6. The SMILES string of the molecule is CN(C)C(=O)Oc1ccc(C(CCOc2ccc(F)c(F)c2F)N(C)C)cc1.Cl. The van der Waals surface area contributed by atoms with E-state index < -0.39 is 23.5 Å². The standard InChI is InChI=1S/C20H23F3N2O3.ClH/c1-24(2)16(11-12-27-17-10-9-15(21)18(22)19(17)23)13-5-7-14(8-6-13)28-20(26)25(3)4;/h5-10,16H,11-12H2,1-4H3;1H. The van der Waals surface area contributed by atoms with Crippen LogP contribution in [-0.4, -0.2) is 50.7 Å². The van der Waals surface area contributed by atoms with Gasteiger partial charge in [0, 0.05) is 26.6 Å². The van der Waals surface area contributed by atoms with Gasteiger partial charge in [0.1, 0.15) is 5.75 Å². The molecule has 0 aromatic heterocycles. The quantitative estimate of drug-likeness (QED) is 0.597. The monoisotopic (exact) mass is 432 g/mol. The molecule has 2 aromatic rings. The van der Waals surface area contributed by atoms with Crippen molar-refractivity contribution in [3.63, 3.8) is 0 Å². The third-order valence-electron chi connectivity index (χ3n) is 4.11. The Bertz CT molecular complexity index is 817. The summed E-state index contributed by atoms with van der Waals surface area (Å²) in [7, 11) is 6.94. The van der Waals surface area contributed by atoms with Gasteiger partial charge in [0.25, 0.3) is 0 Å². The van der Waals surface area contributed by atoms with Crippen LogP contribution in [0.25, 0.3) is 0 Å². The van der Waals surface area contributed by atoms with E-state index in [2.05, 4.69) is 0 Å². The van der Waals surface area contributed by atoms with Gasteiger partial charge >= 0.3 is 6.09 Å². The number of halogens is 4. The van der Waals surface area contributed by atoms with Crippen molar-refractivity contribution in [1.29, 1.82) is 0 Å². The highest BCUT2D eigenvalue weighted by molar-refractivity contribution is 5.85. The molecule has 1 unspecified atom stereocenters. The summed E-state index contributed by atoms with van der Waals surface area (Å²) in [5.74, 6) is -4.06. The van der Waals surface area contributed by atoms with Crippen molar-refractivity contribution in [3.8, 4) is 11.5 Å². The van der Waals surface area contributed by atoms with Crippen LogP contribution in [0.3, 0.4) is 0 Å². The molecule has 0 spiro atoms. The van der Waals surface area contributed by atoms with Gasteiger partial charge in [-0.25, -0.2) is 13.6 Å². The van der Waals surface area contributed by atoms with Gasteiger partial charge in [-0.05, 0) is 43.9 Å². The van der Waals surface area contributed by atoms with Crippen LogP contribution in [-0.2, 0) is 0 Å². The molecule has 0 N–H and O–H groups in total. The Morgan fingerprint density at radius 2 is 1.59 bits per heavy atom. The number of rotatable bonds is 7. The van der Waals surface area contributed by atoms with Crippen molar-refractivity contribution in [2.45, 2.75) is 12.5 Å². The summed E-state index contributed by atoms with van der Waals surface area (Å²) in [6, 6.07) is 8.82. The summed E-state index contributed by atoms with van der Waals surface area (Å²) in [6.07, 6.45) is 0.00120. The first-order valence-electron chi connectivity index (χ1n) is 8.62. The smallest absolute Gasteiger partial charge is 0.414 e. The van der Waals surface area contributed by atoms with Crippen molar-refractivity contribution in [2.24, 2.45) is 0 Å². The Morgan fingerprint density at radius 3 is 2.14 bits per heavy atom. The Kier molecular flexibility index (Phi) is 9.26. The summed E-state index contributed by atoms with van der Waals surface area (Å²) in [5, 5.41) is 0. The molecule has 0 saturated carbocycles. The van der Waals surface area contributed by atoms with Crippen LogP contribution in [0, 0.1) is 17.5 Å². The minimum atomic E-state index is -1.55. The summed E-state index contributed by atoms with van der Waals surface area (Å²) in [4.78, 5) is 14.9. The van der Waals surface area contributed by atoms with E-state index in [9.17, 15) is 18.0 Å². The van der Waals surface area contributed by atoms with Gasteiger partial charge in [0.15, 0.2) is 17.4 Å². The molecule has 5 nitrogen and oxygen atoms in total. The fourth-order valence-corrected chi connectivity index (χ4v) is 2.57. The lowest BCUT2D eigenvalue weighted by Crippen LogP contribution is -2.25. The zero-order valence-corrected chi connectivity index (χ0v) is 17.4. The Hall–Kier alpha value is -2.45. The lowest BCUT2D eigenvalue weighted by molar-refractivity contribution is 0.172. The lowest BCUT2D eigenvalue weighted by Gasteiger charge is -2.25. The van der Waals surface area contributed by atoms with Gasteiger partial charge < -0.3 is 19.3 Å². The number of nitrogens with zero attached hydrogens (tertiary/aromatic N) is 2. The lowest BCUT2D eigenvalue weighted by atomic mass is 10.0. The van der Waals surface area contributed by atoms with Crippen molar-refractivity contribution >= 4 is 18.5 Å². The molecule has 2 rings (SSSR count). The van der Waals surface area contributed by atoms with Gasteiger partial charge in [0.05, 0.1) is 6.61 Å². The number of hydrogen-bond acceptors (Lipinski definition) is 4. The van der Waals surface area contributed by atoms with E-state index >= 15 is 0 Å². The maximum atomic E-state index is 13.7. The molecule has 0 bridgehead atoms. The van der Waals surface area contributed by atoms with E-state index in [4.69, 9.17) is 9.47 Å². The number of hydrogen-bond donors (Lipinski definition) is 0. The van der Waals surface area contributed by atoms with Crippen molar-refractivity contribution in [1.82, 2.24) is 9.80 Å². The highest BCUT2D eigenvalue weighted by Crippen LogP contribution is 2.26. The minimum Gasteiger partial charge on any atom is -0.490 e.